The van der Waals surface area contributed by atoms with Gasteiger partial charge in [-0.25, -0.2) is 4.98 Å². The Balaban J connectivity index is 0.00000176. The van der Waals surface area contributed by atoms with Crippen molar-refractivity contribution in [1.82, 2.24) is 9.88 Å². The summed E-state index contributed by atoms with van der Waals surface area (Å²) >= 11 is 1.46. The van der Waals surface area contributed by atoms with Crippen LogP contribution in [0.15, 0.2) is 73.5 Å². The molecule has 8 heteroatoms. The fraction of sp³-hybridized carbons (Fsp3) is 0.250. The summed E-state index contributed by atoms with van der Waals surface area (Å²) < 4.78 is 38.3. The number of nitrogens with zero attached hydrogens (tertiary/aromatic N) is 2. The molecule has 0 aliphatic carbocycles. The molecular weight excluding hydrogens is 437 g/mol. The molecule has 0 atom stereocenters. The van der Waals surface area contributed by atoms with Crippen molar-refractivity contribution in [3.05, 3.63) is 89.6 Å². The molecule has 1 aromatic carbocycles. The van der Waals surface area contributed by atoms with Crippen LogP contribution in [-0.2, 0) is 17.5 Å². The molecule has 0 unspecified atom stereocenters. The molecule has 1 N–H and O–H groups in total. The maximum absolute atomic E-state index is 12.8. The van der Waals surface area contributed by atoms with Gasteiger partial charge >= 0.3 is 12.1 Å². The largest absolute Gasteiger partial charge is 0.481 e. The van der Waals surface area contributed by atoms with Crippen LogP contribution in [-0.4, -0.2) is 27.5 Å². The zero-order valence-electron chi connectivity index (χ0n) is 17.7. The smallest absolute Gasteiger partial charge is 0.416 e. The molecule has 0 fully saturated rings. The number of hydrogen-bond donors (Lipinski definition) is 1. The first-order valence-corrected chi connectivity index (χ1v) is 10.6. The average molecular weight is 463 g/mol. The number of alkyl halides is 3. The Labute approximate surface area is 189 Å². The second-order valence-corrected chi connectivity index (χ2v) is 8.03. The second kappa shape index (κ2) is 11.5. The molecule has 1 aliphatic rings. The molecule has 0 spiro atoms. The van der Waals surface area contributed by atoms with E-state index in [1.807, 2.05) is 37.4 Å². The summed E-state index contributed by atoms with van der Waals surface area (Å²) in [4.78, 5) is 18.6. The molecule has 2 heterocycles. The summed E-state index contributed by atoms with van der Waals surface area (Å²) in [6, 6.07) is 5.04. The number of allylic oxidation sites excluding steroid dienone is 3. The highest BCUT2D eigenvalue weighted by atomic mass is 32.1. The van der Waals surface area contributed by atoms with Crippen molar-refractivity contribution in [2.24, 2.45) is 0 Å². The second-order valence-electron chi connectivity index (χ2n) is 6.94. The van der Waals surface area contributed by atoms with E-state index in [-0.39, 0.29) is 6.42 Å². The molecule has 4 nitrogen and oxygen atoms in total. The Morgan fingerprint density at radius 2 is 1.91 bits per heavy atom. The highest BCUT2D eigenvalue weighted by Gasteiger charge is 2.30. The normalized spacial score (nSPS) is 17.6. The summed E-state index contributed by atoms with van der Waals surface area (Å²) in [5.41, 5.74) is 1.65. The van der Waals surface area contributed by atoms with E-state index in [1.165, 1.54) is 23.5 Å². The van der Waals surface area contributed by atoms with Crippen molar-refractivity contribution < 1.29 is 23.1 Å². The van der Waals surface area contributed by atoms with E-state index in [9.17, 15) is 18.0 Å². The van der Waals surface area contributed by atoms with Gasteiger partial charge in [0.15, 0.2) is 0 Å². The van der Waals surface area contributed by atoms with Crippen molar-refractivity contribution in [3.8, 4) is 10.6 Å². The SMILES string of the molecule is C=C.Cc1nc(-c2ccc(C(F)(F)F)cc2)sc1CN1/C=C\C/C(CC(=O)O)=C\C=C/C1. The van der Waals surface area contributed by atoms with Crippen molar-refractivity contribution >= 4 is 17.3 Å². The summed E-state index contributed by atoms with van der Waals surface area (Å²) in [7, 11) is 0. The van der Waals surface area contributed by atoms with Gasteiger partial charge in [-0.15, -0.1) is 24.5 Å². The predicted octanol–water partition coefficient (Wildman–Crippen LogP) is 6.62. The van der Waals surface area contributed by atoms with E-state index in [4.69, 9.17) is 5.11 Å². The minimum Gasteiger partial charge on any atom is -0.481 e. The van der Waals surface area contributed by atoms with Crippen molar-refractivity contribution in [2.45, 2.75) is 32.5 Å². The number of rotatable bonds is 5. The Bertz CT molecular complexity index is 1010. The molecule has 1 aliphatic heterocycles. The number of carbonyl (C=O) groups is 1. The highest BCUT2D eigenvalue weighted by Crippen LogP contribution is 2.33. The van der Waals surface area contributed by atoms with E-state index >= 15 is 0 Å². The van der Waals surface area contributed by atoms with Crippen molar-refractivity contribution in [1.29, 1.82) is 0 Å². The molecule has 1 aromatic heterocycles. The van der Waals surface area contributed by atoms with Gasteiger partial charge in [-0.3, -0.25) is 4.79 Å². The lowest BCUT2D eigenvalue weighted by Crippen LogP contribution is -2.16. The number of aromatic nitrogens is 1. The molecule has 2 aromatic rings. The monoisotopic (exact) mass is 462 g/mol. The maximum Gasteiger partial charge on any atom is 0.416 e. The van der Waals surface area contributed by atoms with Crippen LogP contribution in [0.1, 0.15) is 29.0 Å². The third kappa shape index (κ3) is 7.23. The molecule has 0 radical (unpaired) electrons. The number of carboxylic acids is 1. The fourth-order valence-electron chi connectivity index (χ4n) is 3.01. The molecule has 0 saturated carbocycles. The molecule has 3 rings (SSSR count). The van der Waals surface area contributed by atoms with Gasteiger partial charge in [0.1, 0.15) is 5.01 Å². The van der Waals surface area contributed by atoms with Gasteiger partial charge in [-0.05, 0) is 31.7 Å². The zero-order chi connectivity index (χ0) is 23.7. The van der Waals surface area contributed by atoms with Gasteiger partial charge in [0, 0.05) is 17.0 Å². The first-order chi connectivity index (χ1) is 15.2. The van der Waals surface area contributed by atoms with Gasteiger partial charge in [-0.1, -0.05) is 42.0 Å². The Morgan fingerprint density at radius 3 is 2.53 bits per heavy atom. The van der Waals surface area contributed by atoms with E-state index < -0.39 is 17.7 Å². The quantitative estimate of drug-likeness (QED) is 0.508. The van der Waals surface area contributed by atoms with Crippen LogP contribution in [0.2, 0.25) is 0 Å². The van der Waals surface area contributed by atoms with Crippen LogP contribution in [0.3, 0.4) is 0 Å². The van der Waals surface area contributed by atoms with E-state index in [0.717, 1.165) is 28.3 Å². The Hall–Kier alpha value is -3.13. The lowest BCUT2D eigenvalue weighted by atomic mass is 10.1. The number of carboxylic acid groups (broad SMARTS) is 1. The number of hydrogen-bond acceptors (Lipinski definition) is 4. The van der Waals surface area contributed by atoms with E-state index in [2.05, 4.69) is 23.0 Å². The van der Waals surface area contributed by atoms with Gasteiger partial charge in [0.2, 0.25) is 0 Å². The number of aliphatic carboxylic acids is 1. The number of thiazole rings is 1. The lowest BCUT2D eigenvalue weighted by molar-refractivity contribution is -0.138. The summed E-state index contributed by atoms with van der Waals surface area (Å²) in [6.07, 6.45) is 5.77. The molecule has 0 bridgehead atoms. The predicted molar refractivity (Wildman–Crippen MR) is 122 cm³/mol. The van der Waals surface area contributed by atoms with Crippen molar-refractivity contribution in [2.75, 3.05) is 6.54 Å². The Morgan fingerprint density at radius 1 is 1.22 bits per heavy atom. The van der Waals surface area contributed by atoms with Crippen LogP contribution < -0.4 is 0 Å². The van der Waals surface area contributed by atoms with Crippen LogP contribution in [0.5, 0.6) is 0 Å². The molecular formula is C24H25F3N2O2S. The van der Waals surface area contributed by atoms with Crippen molar-refractivity contribution in [3.63, 3.8) is 0 Å². The van der Waals surface area contributed by atoms with Crippen LogP contribution in [0, 0.1) is 6.92 Å². The third-order valence-corrected chi connectivity index (χ3v) is 5.77. The third-order valence-electron chi connectivity index (χ3n) is 4.58. The van der Waals surface area contributed by atoms with Crippen LogP contribution >= 0.6 is 11.3 Å². The first kappa shape index (κ1) is 25.1. The van der Waals surface area contributed by atoms with Crippen LogP contribution in [0.25, 0.3) is 10.6 Å². The van der Waals surface area contributed by atoms with E-state index in [0.29, 0.717) is 30.1 Å². The summed E-state index contributed by atoms with van der Waals surface area (Å²) in [6.45, 7) is 9.15. The number of halogens is 3. The molecule has 170 valence electrons. The topological polar surface area (TPSA) is 53.4 Å². The van der Waals surface area contributed by atoms with Gasteiger partial charge in [-0.2, -0.15) is 13.2 Å². The first-order valence-electron chi connectivity index (χ1n) is 9.83. The average Bonchev–Trinajstić information content (AvgIpc) is 3.15. The van der Waals surface area contributed by atoms with Gasteiger partial charge < -0.3 is 10.0 Å². The minimum absolute atomic E-state index is 0.0130. The van der Waals surface area contributed by atoms with Gasteiger partial charge in [0.05, 0.1) is 24.2 Å². The number of benzene rings is 1. The minimum atomic E-state index is -4.36. The standard InChI is InChI=1S/C22H21F3N2O2S.C2H4/c1-15-19(14-27-11-3-2-5-16(6-4-12-27)13-20(28)29)30-21(26-15)17-7-9-18(10-8-17)22(23,24)25;1-2/h2-5,7-10,12H,6,11,13-14H2,1H3,(H,28,29);1-2H2/b3-2-,12-4-,16-5+;. The summed E-state index contributed by atoms with van der Waals surface area (Å²) in [5, 5.41) is 9.65. The zero-order valence-corrected chi connectivity index (χ0v) is 18.5. The Kier molecular flexibility index (Phi) is 9.02. The highest BCUT2D eigenvalue weighted by molar-refractivity contribution is 7.15. The maximum atomic E-state index is 12.8. The molecule has 32 heavy (non-hydrogen) atoms. The molecule has 0 amide bonds. The lowest BCUT2D eigenvalue weighted by Gasteiger charge is -2.17. The van der Waals surface area contributed by atoms with Gasteiger partial charge in [0.25, 0.3) is 0 Å². The fourth-order valence-corrected chi connectivity index (χ4v) is 4.10. The molecule has 0 saturated heterocycles. The number of aryl methyl sites for hydroxylation is 1. The van der Waals surface area contributed by atoms with Crippen LogP contribution in [0.4, 0.5) is 13.2 Å². The summed E-state index contributed by atoms with van der Waals surface area (Å²) in [5.74, 6) is -0.852. The van der Waals surface area contributed by atoms with E-state index in [1.54, 1.807) is 0 Å².